The Hall–Kier alpha value is -4.03. The van der Waals surface area contributed by atoms with Crippen LogP contribution in [0.25, 0.3) is 0 Å². The highest BCUT2D eigenvalue weighted by atomic mass is 35.5. The maximum atomic E-state index is 12.3. The van der Waals surface area contributed by atoms with Gasteiger partial charge in [0, 0.05) is 11.2 Å². The lowest BCUT2D eigenvalue weighted by Gasteiger charge is -2.12. The van der Waals surface area contributed by atoms with Crippen molar-refractivity contribution in [2.45, 2.75) is 0 Å². The van der Waals surface area contributed by atoms with Gasteiger partial charge >= 0.3 is 5.69 Å². The van der Waals surface area contributed by atoms with E-state index in [4.69, 9.17) is 23.2 Å². The molecule has 2 heterocycles. The second kappa shape index (κ2) is 9.65. The predicted molar refractivity (Wildman–Crippen MR) is 112 cm³/mol. The molecule has 2 aromatic heterocycles. The van der Waals surface area contributed by atoms with Crippen molar-refractivity contribution in [1.29, 1.82) is 0 Å². The molecule has 0 saturated carbocycles. The van der Waals surface area contributed by atoms with Crippen LogP contribution >= 0.6 is 23.2 Å². The first-order valence-electron chi connectivity index (χ1n) is 8.35. The molecule has 14 heteroatoms. The summed E-state index contributed by atoms with van der Waals surface area (Å²) < 4.78 is 0. The molecule has 0 unspecified atom stereocenters. The molecule has 0 radical (unpaired) electrons. The number of carbonyl (C=O) groups is 2. The van der Waals surface area contributed by atoms with Crippen molar-refractivity contribution in [3.05, 3.63) is 80.3 Å². The van der Waals surface area contributed by atoms with Crippen molar-refractivity contribution in [1.82, 2.24) is 25.8 Å². The molecule has 0 saturated heterocycles. The van der Waals surface area contributed by atoms with Gasteiger partial charge < -0.3 is 0 Å². The van der Waals surface area contributed by atoms with E-state index in [1.54, 1.807) is 12.1 Å². The van der Waals surface area contributed by atoms with Crippen LogP contribution < -0.4 is 21.7 Å². The average Bonchev–Trinajstić information content (AvgIpc) is 2.76. The van der Waals surface area contributed by atoms with Gasteiger partial charge in [-0.25, -0.2) is 9.97 Å². The number of carbonyl (C=O) groups excluding carboxylic acids is 2. The lowest BCUT2D eigenvalue weighted by molar-refractivity contribution is -0.383. The normalized spacial score (nSPS) is 10.1. The van der Waals surface area contributed by atoms with Crippen LogP contribution in [-0.4, -0.2) is 31.7 Å². The molecule has 158 valence electrons. The topological polar surface area (TPSA) is 164 Å². The first-order chi connectivity index (χ1) is 14.9. The molecule has 12 nitrogen and oxygen atoms in total. The summed E-state index contributed by atoms with van der Waals surface area (Å²) in [5, 5.41) is 12.0. The first-order valence-corrected chi connectivity index (χ1v) is 9.10. The number of hydrogen-bond donors (Lipinski definition) is 4. The van der Waals surface area contributed by atoms with E-state index in [2.05, 4.69) is 36.7 Å². The monoisotopic (exact) mass is 462 g/mol. The van der Waals surface area contributed by atoms with Gasteiger partial charge in [-0.2, -0.15) is 0 Å². The molecule has 3 rings (SSSR count). The Morgan fingerprint density at radius 1 is 0.935 bits per heavy atom. The lowest BCUT2D eigenvalue weighted by atomic mass is 10.2. The molecule has 31 heavy (non-hydrogen) atoms. The summed E-state index contributed by atoms with van der Waals surface area (Å²) in [7, 11) is 0. The number of hydrazine groups is 2. The minimum atomic E-state index is -0.793. The van der Waals surface area contributed by atoms with E-state index in [0.29, 0.717) is 5.02 Å². The van der Waals surface area contributed by atoms with Crippen molar-refractivity contribution in [3.63, 3.8) is 0 Å². The van der Waals surface area contributed by atoms with Gasteiger partial charge in [0.05, 0.1) is 15.5 Å². The zero-order valence-electron chi connectivity index (χ0n) is 15.3. The summed E-state index contributed by atoms with van der Waals surface area (Å²) in [6, 6.07) is 8.90. The molecule has 3 aromatic rings. The molecule has 0 bridgehead atoms. The number of rotatable bonds is 7. The summed E-state index contributed by atoms with van der Waals surface area (Å²) >= 11 is 11.8. The Balaban J connectivity index is 1.74. The zero-order chi connectivity index (χ0) is 22.4. The van der Waals surface area contributed by atoms with Crippen LogP contribution in [0.15, 0.2) is 48.9 Å². The van der Waals surface area contributed by atoms with E-state index < -0.39 is 22.4 Å². The smallest absolute Gasteiger partial charge is 0.276 e. The third-order valence-electron chi connectivity index (χ3n) is 3.67. The number of anilines is 2. The van der Waals surface area contributed by atoms with Gasteiger partial charge in [0.2, 0.25) is 11.6 Å². The maximum Gasteiger partial charge on any atom is 0.356 e. The third-order valence-corrected chi connectivity index (χ3v) is 4.21. The standard InChI is InChI=1S/C17H12Cl2N8O4/c18-9-4-5-10(11(19)7-9)16(28)25-23-14-13(27(30)31)15(22-8-21-14)24-26-17(29)12-3-1-2-6-20-12/h1-8H,(H,25,28)(H,26,29)(H2,21,22,23,24). The highest BCUT2D eigenvalue weighted by Crippen LogP contribution is 2.28. The number of benzene rings is 1. The number of hydrogen-bond acceptors (Lipinski definition) is 9. The number of halogens is 2. The van der Waals surface area contributed by atoms with Gasteiger partial charge in [-0.15, -0.1) is 0 Å². The Bertz CT molecular complexity index is 1150. The van der Waals surface area contributed by atoms with E-state index in [1.807, 2.05) is 0 Å². The number of pyridine rings is 1. The Morgan fingerprint density at radius 2 is 1.61 bits per heavy atom. The van der Waals surface area contributed by atoms with Crippen LogP contribution in [-0.2, 0) is 0 Å². The number of nitrogens with one attached hydrogen (secondary N) is 4. The predicted octanol–water partition coefficient (Wildman–Crippen LogP) is 2.60. The summed E-state index contributed by atoms with van der Waals surface area (Å²) in [4.78, 5) is 46.5. The summed E-state index contributed by atoms with van der Waals surface area (Å²) in [6.07, 6.45) is 2.41. The van der Waals surface area contributed by atoms with E-state index in [-0.39, 0.29) is 27.9 Å². The molecular formula is C17H12Cl2N8O4. The van der Waals surface area contributed by atoms with Gasteiger partial charge in [-0.05, 0) is 30.3 Å². The van der Waals surface area contributed by atoms with Gasteiger partial charge in [0.15, 0.2) is 0 Å². The number of amides is 2. The van der Waals surface area contributed by atoms with Crippen LogP contribution in [0, 0.1) is 10.1 Å². The van der Waals surface area contributed by atoms with E-state index in [9.17, 15) is 19.7 Å². The van der Waals surface area contributed by atoms with Crippen LogP contribution in [0.2, 0.25) is 10.0 Å². The summed E-state index contributed by atoms with van der Waals surface area (Å²) in [6.45, 7) is 0. The quantitative estimate of drug-likeness (QED) is 0.305. The van der Waals surface area contributed by atoms with Gasteiger partial charge in [0.1, 0.15) is 12.0 Å². The van der Waals surface area contributed by atoms with Crippen molar-refractivity contribution in [2.75, 3.05) is 10.9 Å². The van der Waals surface area contributed by atoms with E-state index >= 15 is 0 Å². The van der Waals surface area contributed by atoms with Crippen molar-refractivity contribution >= 4 is 52.3 Å². The fourth-order valence-electron chi connectivity index (χ4n) is 2.27. The average molecular weight is 463 g/mol. The SMILES string of the molecule is O=C(NNc1ncnc(NNC(=O)c2ccc(Cl)cc2Cl)c1[N+](=O)[O-])c1ccccn1. The number of nitro groups is 1. The second-order valence-corrected chi connectivity index (χ2v) is 6.52. The van der Waals surface area contributed by atoms with Gasteiger partial charge in [-0.1, -0.05) is 29.3 Å². The molecule has 0 aliphatic carbocycles. The van der Waals surface area contributed by atoms with Crippen molar-refractivity contribution in [3.8, 4) is 0 Å². The maximum absolute atomic E-state index is 12.3. The molecule has 1 aromatic carbocycles. The van der Waals surface area contributed by atoms with Gasteiger partial charge in [-0.3, -0.25) is 46.4 Å². The molecule has 0 atom stereocenters. The molecule has 0 aliphatic rings. The minimum Gasteiger partial charge on any atom is -0.276 e. The van der Waals surface area contributed by atoms with Crippen LogP contribution in [0.3, 0.4) is 0 Å². The molecule has 0 fully saturated rings. The van der Waals surface area contributed by atoms with Crippen LogP contribution in [0.4, 0.5) is 17.3 Å². The van der Waals surface area contributed by atoms with E-state index in [0.717, 1.165) is 6.33 Å². The Kier molecular flexibility index (Phi) is 6.74. The molecular weight excluding hydrogens is 451 g/mol. The molecule has 4 N–H and O–H groups in total. The van der Waals surface area contributed by atoms with Crippen LogP contribution in [0.1, 0.15) is 20.8 Å². The fourth-order valence-corrected chi connectivity index (χ4v) is 2.76. The lowest BCUT2D eigenvalue weighted by Crippen LogP contribution is -2.32. The highest BCUT2D eigenvalue weighted by molar-refractivity contribution is 6.36. The Morgan fingerprint density at radius 3 is 2.19 bits per heavy atom. The minimum absolute atomic E-state index is 0.0799. The molecule has 2 amide bonds. The highest BCUT2D eigenvalue weighted by Gasteiger charge is 2.24. The zero-order valence-corrected chi connectivity index (χ0v) is 16.8. The summed E-state index contributed by atoms with van der Waals surface area (Å²) in [5.74, 6) is -2.00. The molecule has 0 aliphatic heterocycles. The fraction of sp³-hybridized carbons (Fsp3) is 0. The van der Waals surface area contributed by atoms with Crippen molar-refractivity contribution < 1.29 is 14.5 Å². The third kappa shape index (κ3) is 5.32. The largest absolute Gasteiger partial charge is 0.356 e. The molecule has 0 spiro atoms. The number of nitrogens with zero attached hydrogens (tertiary/aromatic N) is 4. The summed E-state index contributed by atoms with van der Waals surface area (Å²) in [5.41, 5.74) is 8.72. The number of aromatic nitrogens is 3. The van der Waals surface area contributed by atoms with E-state index in [1.165, 1.54) is 30.5 Å². The van der Waals surface area contributed by atoms with Crippen LogP contribution in [0.5, 0.6) is 0 Å². The van der Waals surface area contributed by atoms with Gasteiger partial charge in [0.25, 0.3) is 11.8 Å². The van der Waals surface area contributed by atoms with Crippen molar-refractivity contribution in [2.24, 2.45) is 0 Å². The first kappa shape index (κ1) is 21.7. The second-order valence-electron chi connectivity index (χ2n) is 5.67. The Labute approximate surface area is 184 Å².